The molecule has 0 unspecified atom stereocenters. The van der Waals surface area contributed by atoms with Crippen LogP contribution < -0.4 is 0 Å². The van der Waals surface area contributed by atoms with Crippen LogP contribution >= 0.6 is 15.9 Å². The quantitative estimate of drug-likeness (QED) is 0.474. The lowest BCUT2D eigenvalue weighted by molar-refractivity contribution is -0.142. The predicted molar refractivity (Wildman–Crippen MR) is 64.9 cm³/mol. The largest absolute Gasteiger partial charge is 0.466 e. The predicted octanol–water partition coefficient (Wildman–Crippen LogP) is 2.37. The zero-order chi connectivity index (χ0) is 12.0. The SMILES string of the molecule is CCOC(=O)Cc1ccc(C(=O)CBr)cc1. The Kier molecular flexibility index (Phi) is 5.19. The number of hydrogen-bond donors (Lipinski definition) is 0. The van der Waals surface area contributed by atoms with E-state index in [0.717, 1.165) is 5.56 Å². The Hall–Kier alpha value is -1.16. The monoisotopic (exact) mass is 284 g/mol. The molecule has 4 heteroatoms. The maximum Gasteiger partial charge on any atom is 0.310 e. The number of rotatable bonds is 5. The van der Waals surface area contributed by atoms with Crippen molar-refractivity contribution in [1.82, 2.24) is 0 Å². The second-order valence-electron chi connectivity index (χ2n) is 3.24. The van der Waals surface area contributed by atoms with Gasteiger partial charge in [0.2, 0.25) is 0 Å². The number of Topliss-reactive ketones (excluding diaryl/α,β-unsaturated/α-hetero) is 1. The van der Waals surface area contributed by atoms with Crippen LogP contribution in [0.2, 0.25) is 0 Å². The zero-order valence-corrected chi connectivity index (χ0v) is 10.6. The Morgan fingerprint density at radius 2 is 1.88 bits per heavy atom. The fraction of sp³-hybridized carbons (Fsp3) is 0.333. The van der Waals surface area contributed by atoms with Crippen molar-refractivity contribution in [3.63, 3.8) is 0 Å². The van der Waals surface area contributed by atoms with E-state index in [1.54, 1.807) is 31.2 Å². The van der Waals surface area contributed by atoms with E-state index < -0.39 is 0 Å². The molecule has 0 fully saturated rings. The number of carbonyl (C=O) groups excluding carboxylic acids is 2. The minimum absolute atomic E-state index is 0.0303. The molecular formula is C12H13BrO3. The minimum Gasteiger partial charge on any atom is -0.466 e. The van der Waals surface area contributed by atoms with E-state index in [4.69, 9.17) is 4.74 Å². The van der Waals surface area contributed by atoms with Gasteiger partial charge in [-0.25, -0.2) is 0 Å². The summed E-state index contributed by atoms with van der Waals surface area (Å²) >= 11 is 3.11. The maximum absolute atomic E-state index is 11.3. The summed E-state index contributed by atoms with van der Waals surface area (Å²) in [6.07, 6.45) is 0.247. The second-order valence-corrected chi connectivity index (χ2v) is 3.80. The van der Waals surface area contributed by atoms with E-state index in [2.05, 4.69) is 15.9 Å². The molecule has 0 saturated heterocycles. The highest BCUT2D eigenvalue weighted by Gasteiger charge is 2.06. The lowest BCUT2D eigenvalue weighted by Gasteiger charge is -2.03. The summed E-state index contributed by atoms with van der Waals surface area (Å²) in [6.45, 7) is 2.16. The van der Waals surface area contributed by atoms with E-state index in [1.165, 1.54) is 0 Å². The van der Waals surface area contributed by atoms with E-state index in [-0.39, 0.29) is 18.2 Å². The van der Waals surface area contributed by atoms with Crippen LogP contribution in [0.5, 0.6) is 0 Å². The van der Waals surface area contributed by atoms with Gasteiger partial charge in [-0.3, -0.25) is 9.59 Å². The molecule has 0 radical (unpaired) electrons. The van der Waals surface area contributed by atoms with Crippen molar-refractivity contribution in [1.29, 1.82) is 0 Å². The van der Waals surface area contributed by atoms with Gasteiger partial charge in [0.05, 0.1) is 18.4 Å². The summed E-state index contributed by atoms with van der Waals surface area (Å²) in [5.41, 5.74) is 1.49. The Labute approximate surface area is 103 Å². The lowest BCUT2D eigenvalue weighted by Crippen LogP contribution is -2.07. The smallest absolute Gasteiger partial charge is 0.310 e. The van der Waals surface area contributed by atoms with Gasteiger partial charge in [-0.1, -0.05) is 40.2 Å². The van der Waals surface area contributed by atoms with E-state index in [0.29, 0.717) is 17.5 Å². The summed E-state index contributed by atoms with van der Waals surface area (Å²) in [4.78, 5) is 22.5. The Morgan fingerprint density at radius 3 is 2.38 bits per heavy atom. The fourth-order valence-electron chi connectivity index (χ4n) is 1.26. The molecule has 0 aliphatic heterocycles. The molecule has 0 N–H and O–H groups in total. The normalized spacial score (nSPS) is 9.88. The topological polar surface area (TPSA) is 43.4 Å². The van der Waals surface area contributed by atoms with Crippen molar-refractivity contribution in [3.05, 3.63) is 35.4 Å². The summed E-state index contributed by atoms with van der Waals surface area (Å²) in [5.74, 6) is -0.218. The van der Waals surface area contributed by atoms with Gasteiger partial charge >= 0.3 is 5.97 Å². The highest BCUT2D eigenvalue weighted by Crippen LogP contribution is 2.07. The van der Waals surface area contributed by atoms with Crippen LogP contribution in [0.25, 0.3) is 0 Å². The number of ketones is 1. The second kappa shape index (κ2) is 6.43. The molecule has 3 nitrogen and oxygen atoms in total. The van der Waals surface area contributed by atoms with Gasteiger partial charge < -0.3 is 4.74 Å². The average Bonchev–Trinajstić information content (AvgIpc) is 2.29. The highest BCUT2D eigenvalue weighted by atomic mass is 79.9. The van der Waals surface area contributed by atoms with Crippen molar-refractivity contribution in [3.8, 4) is 0 Å². The maximum atomic E-state index is 11.3. The van der Waals surface area contributed by atoms with E-state index >= 15 is 0 Å². The van der Waals surface area contributed by atoms with Gasteiger partial charge in [0.25, 0.3) is 0 Å². The third-order valence-corrected chi connectivity index (χ3v) is 2.56. The Balaban J connectivity index is 2.64. The molecule has 1 aromatic rings. The minimum atomic E-state index is -0.248. The first-order valence-corrected chi connectivity index (χ1v) is 6.13. The summed E-state index contributed by atoms with van der Waals surface area (Å²) < 4.78 is 4.83. The van der Waals surface area contributed by atoms with Gasteiger partial charge in [0.15, 0.2) is 5.78 Å². The Morgan fingerprint density at radius 1 is 1.25 bits per heavy atom. The number of hydrogen-bond acceptors (Lipinski definition) is 3. The van der Waals surface area contributed by atoms with Crippen molar-refractivity contribution in [2.24, 2.45) is 0 Å². The number of benzene rings is 1. The molecule has 1 aromatic carbocycles. The molecule has 0 bridgehead atoms. The number of esters is 1. The number of halogens is 1. The lowest BCUT2D eigenvalue weighted by atomic mass is 10.1. The van der Waals surface area contributed by atoms with E-state index in [1.807, 2.05) is 0 Å². The zero-order valence-electron chi connectivity index (χ0n) is 9.03. The first kappa shape index (κ1) is 12.9. The van der Waals surface area contributed by atoms with E-state index in [9.17, 15) is 9.59 Å². The molecule has 0 saturated carbocycles. The molecule has 0 aromatic heterocycles. The first-order valence-electron chi connectivity index (χ1n) is 5.01. The van der Waals surface area contributed by atoms with Crippen LogP contribution in [0.15, 0.2) is 24.3 Å². The molecule has 0 amide bonds. The van der Waals surface area contributed by atoms with Crippen LogP contribution in [0.4, 0.5) is 0 Å². The van der Waals surface area contributed by atoms with Crippen LogP contribution in [0.3, 0.4) is 0 Å². The third-order valence-electron chi connectivity index (χ3n) is 2.05. The van der Waals surface area contributed by atoms with Gasteiger partial charge in [0.1, 0.15) is 0 Å². The van der Waals surface area contributed by atoms with Crippen LogP contribution in [-0.4, -0.2) is 23.7 Å². The molecule has 0 spiro atoms. The highest BCUT2D eigenvalue weighted by molar-refractivity contribution is 9.09. The van der Waals surface area contributed by atoms with Gasteiger partial charge in [-0.2, -0.15) is 0 Å². The molecular weight excluding hydrogens is 272 g/mol. The van der Waals surface area contributed by atoms with Crippen molar-refractivity contribution in [2.45, 2.75) is 13.3 Å². The number of carbonyl (C=O) groups is 2. The number of alkyl halides is 1. The summed E-state index contributed by atoms with van der Waals surface area (Å²) in [5, 5.41) is 0.310. The van der Waals surface area contributed by atoms with Gasteiger partial charge in [-0.15, -0.1) is 0 Å². The Bertz CT molecular complexity index is 370. The third kappa shape index (κ3) is 3.77. The van der Waals surface area contributed by atoms with Crippen molar-refractivity contribution >= 4 is 27.7 Å². The van der Waals surface area contributed by atoms with Crippen LogP contribution in [0.1, 0.15) is 22.8 Å². The molecule has 1 rings (SSSR count). The summed E-state index contributed by atoms with van der Waals surface area (Å²) in [6, 6.07) is 6.98. The average molecular weight is 285 g/mol. The summed E-state index contributed by atoms with van der Waals surface area (Å²) in [7, 11) is 0. The molecule has 86 valence electrons. The fourth-order valence-corrected chi connectivity index (χ4v) is 1.59. The van der Waals surface area contributed by atoms with Gasteiger partial charge in [-0.05, 0) is 12.5 Å². The first-order chi connectivity index (χ1) is 7.67. The molecule has 0 heterocycles. The molecule has 0 atom stereocenters. The molecule has 0 aliphatic rings. The molecule has 0 aliphatic carbocycles. The van der Waals surface area contributed by atoms with Gasteiger partial charge in [0, 0.05) is 5.56 Å². The van der Waals surface area contributed by atoms with Crippen molar-refractivity contribution < 1.29 is 14.3 Å². The van der Waals surface area contributed by atoms with Crippen molar-refractivity contribution in [2.75, 3.05) is 11.9 Å². The van der Waals surface area contributed by atoms with Crippen LogP contribution in [0, 0.1) is 0 Å². The number of ether oxygens (including phenoxy) is 1. The molecule has 16 heavy (non-hydrogen) atoms. The van der Waals surface area contributed by atoms with Crippen LogP contribution in [-0.2, 0) is 16.0 Å². The standard InChI is InChI=1S/C12H13BrO3/c1-2-16-12(15)7-9-3-5-10(6-4-9)11(14)8-13/h3-6H,2,7-8H2,1H3.